The number of rotatable bonds is 6. The van der Waals surface area contributed by atoms with Gasteiger partial charge in [-0.3, -0.25) is 0 Å². The van der Waals surface area contributed by atoms with Crippen LogP contribution < -0.4 is 9.47 Å². The van der Waals surface area contributed by atoms with Crippen LogP contribution in [0.15, 0.2) is 54.7 Å². The summed E-state index contributed by atoms with van der Waals surface area (Å²) in [4.78, 5) is 12.5. The molecule has 0 aliphatic heterocycles. The Morgan fingerprint density at radius 1 is 1.00 bits per heavy atom. The summed E-state index contributed by atoms with van der Waals surface area (Å²) in [7, 11) is 3.29. The molecule has 0 spiro atoms. The van der Waals surface area contributed by atoms with Crippen LogP contribution in [0.2, 0.25) is 0 Å². The summed E-state index contributed by atoms with van der Waals surface area (Å²) in [6.07, 6.45) is 3.33. The second-order valence-electron chi connectivity index (χ2n) is 6.66. The Labute approximate surface area is 168 Å². The van der Waals surface area contributed by atoms with Crippen molar-refractivity contribution in [3.63, 3.8) is 0 Å². The lowest BCUT2D eigenvalue weighted by Crippen LogP contribution is -1.97. The van der Waals surface area contributed by atoms with Crippen LogP contribution in [0.25, 0.3) is 22.4 Å². The predicted octanol–water partition coefficient (Wildman–Crippen LogP) is 4.30. The average molecular weight is 384 g/mol. The highest BCUT2D eigenvalue weighted by atomic mass is 16.5. The average Bonchev–Trinajstić information content (AvgIpc) is 3.20. The van der Waals surface area contributed by atoms with Crippen LogP contribution in [0.5, 0.6) is 11.5 Å². The van der Waals surface area contributed by atoms with Crippen molar-refractivity contribution in [3.05, 3.63) is 71.5 Å². The van der Waals surface area contributed by atoms with E-state index in [1.54, 1.807) is 26.5 Å². The van der Waals surface area contributed by atoms with Crippen molar-refractivity contribution < 1.29 is 9.47 Å². The molecule has 4 rings (SSSR count). The summed E-state index contributed by atoms with van der Waals surface area (Å²) < 4.78 is 10.7. The molecule has 144 valence electrons. The van der Waals surface area contributed by atoms with E-state index >= 15 is 0 Å². The number of nitrogens with one attached hydrogen (secondary N) is 1. The van der Waals surface area contributed by atoms with Crippen molar-refractivity contribution in [1.29, 1.82) is 5.26 Å². The number of aromatic amines is 1. The molecule has 0 saturated carbocycles. The molecule has 0 aliphatic rings. The first-order chi connectivity index (χ1) is 14.2. The van der Waals surface area contributed by atoms with E-state index in [2.05, 4.69) is 16.0 Å². The zero-order chi connectivity index (χ0) is 20.2. The monoisotopic (exact) mass is 384 g/mol. The first kappa shape index (κ1) is 18.5. The van der Waals surface area contributed by atoms with Gasteiger partial charge in [-0.1, -0.05) is 18.2 Å². The lowest BCUT2D eigenvalue weighted by atomic mass is 10.1. The lowest BCUT2D eigenvalue weighted by Gasteiger charge is -2.08. The summed E-state index contributed by atoms with van der Waals surface area (Å²) in [5, 5.41) is 9.34. The molecule has 6 heteroatoms. The van der Waals surface area contributed by atoms with Gasteiger partial charge in [-0.25, -0.2) is 9.97 Å². The fourth-order valence-electron chi connectivity index (χ4n) is 3.30. The Morgan fingerprint density at radius 3 is 2.48 bits per heavy atom. The minimum atomic E-state index is 0.617. The summed E-state index contributed by atoms with van der Waals surface area (Å²) in [5.74, 6) is 1.54. The Hall–Kier alpha value is -3.85. The van der Waals surface area contributed by atoms with E-state index in [4.69, 9.17) is 14.5 Å². The van der Waals surface area contributed by atoms with Gasteiger partial charge in [0.25, 0.3) is 0 Å². The Kier molecular flexibility index (Phi) is 5.12. The van der Waals surface area contributed by atoms with Gasteiger partial charge in [0, 0.05) is 11.6 Å². The van der Waals surface area contributed by atoms with Crippen molar-refractivity contribution >= 4 is 11.2 Å². The Morgan fingerprint density at radius 2 is 1.76 bits per heavy atom. The third-order valence-electron chi connectivity index (χ3n) is 4.80. The predicted molar refractivity (Wildman–Crippen MR) is 111 cm³/mol. The van der Waals surface area contributed by atoms with Crippen LogP contribution in [0, 0.1) is 11.3 Å². The largest absolute Gasteiger partial charge is 0.497 e. The third-order valence-corrected chi connectivity index (χ3v) is 4.80. The van der Waals surface area contributed by atoms with E-state index < -0.39 is 0 Å². The Balaban J connectivity index is 1.58. The van der Waals surface area contributed by atoms with Crippen LogP contribution in [-0.2, 0) is 12.8 Å². The molecule has 0 atom stereocenters. The van der Waals surface area contributed by atoms with Crippen molar-refractivity contribution in [2.75, 3.05) is 14.2 Å². The number of aromatic nitrogens is 3. The molecule has 0 radical (unpaired) electrons. The number of methoxy groups -OCH3 is 2. The summed E-state index contributed by atoms with van der Waals surface area (Å²) in [5.41, 5.74) is 5.81. The SMILES string of the molecule is COc1cc(CCc2cnc3[nH]c(-c4ccccc4C#N)cc3n2)cc(OC)c1. The van der Waals surface area contributed by atoms with Gasteiger partial charge in [-0.2, -0.15) is 5.26 Å². The zero-order valence-electron chi connectivity index (χ0n) is 16.3. The molecule has 0 fully saturated rings. The number of hydrogen-bond donors (Lipinski definition) is 1. The molecule has 0 unspecified atom stereocenters. The van der Waals surface area contributed by atoms with Gasteiger partial charge in [0.2, 0.25) is 0 Å². The molecule has 2 aromatic carbocycles. The van der Waals surface area contributed by atoms with Crippen LogP contribution in [0.4, 0.5) is 0 Å². The van der Waals surface area contributed by atoms with Crippen LogP contribution in [-0.4, -0.2) is 29.2 Å². The number of hydrogen-bond acceptors (Lipinski definition) is 5. The topological polar surface area (TPSA) is 83.8 Å². The van der Waals surface area contributed by atoms with Gasteiger partial charge in [-0.05, 0) is 42.7 Å². The highest BCUT2D eigenvalue weighted by Crippen LogP contribution is 2.26. The lowest BCUT2D eigenvalue weighted by molar-refractivity contribution is 0.393. The van der Waals surface area contributed by atoms with E-state index in [-0.39, 0.29) is 0 Å². The molecule has 6 nitrogen and oxygen atoms in total. The number of fused-ring (bicyclic) bond motifs is 1. The molecule has 4 aromatic rings. The summed E-state index contributed by atoms with van der Waals surface area (Å²) in [6, 6.07) is 17.5. The maximum Gasteiger partial charge on any atom is 0.156 e. The van der Waals surface area contributed by atoms with Crippen molar-refractivity contribution in [2.24, 2.45) is 0 Å². The normalized spacial score (nSPS) is 10.7. The number of ether oxygens (including phenoxy) is 2. The number of benzene rings is 2. The second kappa shape index (κ2) is 8.03. The van der Waals surface area contributed by atoms with Gasteiger partial charge in [0.15, 0.2) is 5.65 Å². The van der Waals surface area contributed by atoms with Crippen LogP contribution in [0.3, 0.4) is 0 Å². The molecule has 0 amide bonds. The molecular weight excluding hydrogens is 364 g/mol. The van der Waals surface area contributed by atoms with E-state index in [1.165, 1.54) is 0 Å². The maximum atomic E-state index is 9.34. The van der Waals surface area contributed by atoms with Gasteiger partial charge in [-0.15, -0.1) is 0 Å². The van der Waals surface area contributed by atoms with Gasteiger partial charge in [0.1, 0.15) is 17.0 Å². The summed E-state index contributed by atoms with van der Waals surface area (Å²) in [6.45, 7) is 0. The fraction of sp³-hybridized carbons (Fsp3) is 0.174. The van der Waals surface area contributed by atoms with Crippen molar-refractivity contribution in [1.82, 2.24) is 15.0 Å². The first-order valence-electron chi connectivity index (χ1n) is 9.26. The molecule has 0 saturated heterocycles. The van der Waals surface area contributed by atoms with Crippen LogP contribution >= 0.6 is 0 Å². The molecule has 29 heavy (non-hydrogen) atoms. The molecule has 2 heterocycles. The first-order valence-corrected chi connectivity index (χ1v) is 9.26. The van der Waals surface area contributed by atoms with Crippen molar-refractivity contribution in [2.45, 2.75) is 12.8 Å². The van der Waals surface area contributed by atoms with E-state index in [1.807, 2.05) is 42.5 Å². The highest BCUT2D eigenvalue weighted by molar-refractivity contribution is 5.81. The molecule has 0 aliphatic carbocycles. The number of nitriles is 1. The number of aryl methyl sites for hydroxylation is 2. The van der Waals surface area contributed by atoms with Gasteiger partial charge in [0.05, 0.1) is 43.4 Å². The molecule has 1 N–H and O–H groups in total. The summed E-state index contributed by atoms with van der Waals surface area (Å²) >= 11 is 0. The smallest absolute Gasteiger partial charge is 0.156 e. The van der Waals surface area contributed by atoms with Gasteiger partial charge >= 0.3 is 0 Å². The van der Waals surface area contributed by atoms with Crippen LogP contribution in [0.1, 0.15) is 16.8 Å². The third kappa shape index (κ3) is 3.90. The number of H-pyrrole nitrogens is 1. The molecular formula is C23H20N4O2. The minimum absolute atomic E-state index is 0.617. The van der Waals surface area contributed by atoms with E-state index in [9.17, 15) is 5.26 Å². The number of nitrogens with zero attached hydrogens (tertiary/aromatic N) is 3. The van der Waals surface area contributed by atoms with E-state index in [0.29, 0.717) is 11.2 Å². The minimum Gasteiger partial charge on any atom is -0.497 e. The second-order valence-corrected chi connectivity index (χ2v) is 6.66. The zero-order valence-corrected chi connectivity index (χ0v) is 16.3. The molecule has 0 bridgehead atoms. The highest BCUT2D eigenvalue weighted by Gasteiger charge is 2.10. The fourth-order valence-corrected chi connectivity index (χ4v) is 3.30. The van der Waals surface area contributed by atoms with Crippen molar-refractivity contribution in [3.8, 4) is 28.8 Å². The van der Waals surface area contributed by atoms with E-state index in [0.717, 1.165) is 52.4 Å². The standard InChI is InChI=1S/C23H20N4O2/c1-28-18-9-15(10-19(11-18)29-2)7-8-17-14-25-23-22(26-17)12-21(27-23)20-6-4-3-5-16(20)13-24/h3-6,9-12,14H,7-8H2,1-2H3,(H,25,27). The maximum absolute atomic E-state index is 9.34. The quantitative estimate of drug-likeness (QED) is 0.536. The van der Waals surface area contributed by atoms with Gasteiger partial charge < -0.3 is 14.5 Å². The Bertz CT molecular complexity index is 1180. The molecule has 2 aromatic heterocycles.